The van der Waals surface area contributed by atoms with Gasteiger partial charge in [0.1, 0.15) is 12.0 Å². The van der Waals surface area contributed by atoms with Gasteiger partial charge in [-0.25, -0.2) is 9.97 Å². The number of anilines is 3. The molecule has 0 fully saturated rings. The first-order valence-corrected chi connectivity index (χ1v) is 11.4. The SMILES string of the molecule is Nc1c(NNC(=O)c2ccccc2Br)ncnc1NNC(=O)C(c1ccccc1)c1ccccc1. The molecule has 1 heterocycles. The van der Waals surface area contributed by atoms with E-state index in [-0.39, 0.29) is 29.1 Å². The molecule has 9 nitrogen and oxygen atoms in total. The Balaban J connectivity index is 1.45. The van der Waals surface area contributed by atoms with E-state index in [4.69, 9.17) is 5.73 Å². The maximum Gasteiger partial charge on any atom is 0.270 e. The van der Waals surface area contributed by atoms with E-state index in [2.05, 4.69) is 47.6 Å². The molecule has 0 saturated heterocycles. The van der Waals surface area contributed by atoms with Crippen LogP contribution in [0.25, 0.3) is 0 Å². The normalized spacial score (nSPS) is 10.5. The van der Waals surface area contributed by atoms with Crippen molar-refractivity contribution in [2.24, 2.45) is 0 Å². The van der Waals surface area contributed by atoms with Gasteiger partial charge in [-0.1, -0.05) is 72.8 Å². The predicted octanol–water partition coefficient (Wildman–Crippen LogP) is 3.85. The highest BCUT2D eigenvalue weighted by molar-refractivity contribution is 9.10. The Hall–Kier alpha value is -4.44. The van der Waals surface area contributed by atoms with Crippen LogP contribution in [0.3, 0.4) is 0 Å². The molecule has 176 valence electrons. The lowest BCUT2D eigenvalue weighted by Crippen LogP contribution is -2.35. The Kier molecular flexibility index (Phi) is 7.53. The summed E-state index contributed by atoms with van der Waals surface area (Å²) in [6.07, 6.45) is 1.25. The van der Waals surface area contributed by atoms with Crippen molar-refractivity contribution in [3.63, 3.8) is 0 Å². The standard InChI is InChI=1S/C25H22BrN7O2/c26-19-14-8-7-13-18(19)24(34)32-30-22-21(27)23(29-15-28-22)31-33-25(35)20(16-9-3-1-4-10-16)17-11-5-2-6-12-17/h1-15,20H,27H2,(H,32,34)(H,33,35)(H2,28,29,30,31). The smallest absolute Gasteiger partial charge is 0.270 e. The molecule has 1 aromatic heterocycles. The average molecular weight is 532 g/mol. The lowest BCUT2D eigenvalue weighted by atomic mass is 9.91. The zero-order valence-electron chi connectivity index (χ0n) is 18.4. The number of amides is 2. The van der Waals surface area contributed by atoms with E-state index < -0.39 is 5.92 Å². The zero-order valence-corrected chi connectivity index (χ0v) is 20.0. The fourth-order valence-corrected chi connectivity index (χ4v) is 3.87. The van der Waals surface area contributed by atoms with Crippen LogP contribution in [-0.2, 0) is 4.79 Å². The van der Waals surface area contributed by atoms with E-state index in [0.717, 1.165) is 11.1 Å². The van der Waals surface area contributed by atoms with Gasteiger partial charge in [-0.05, 0) is 39.2 Å². The van der Waals surface area contributed by atoms with Crippen LogP contribution < -0.4 is 27.4 Å². The molecule has 6 N–H and O–H groups in total. The second kappa shape index (κ2) is 11.1. The van der Waals surface area contributed by atoms with Crippen molar-refractivity contribution in [3.05, 3.63) is 112 Å². The predicted molar refractivity (Wildman–Crippen MR) is 138 cm³/mol. The van der Waals surface area contributed by atoms with Crippen LogP contribution in [0.2, 0.25) is 0 Å². The lowest BCUT2D eigenvalue weighted by Gasteiger charge is -2.19. The quantitative estimate of drug-likeness (QED) is 0.218. The van der Waals surface area contributed by atoms with Crippen molar-refractivity contribution >= 4 is 45.1 Å². The molecular weight excluding hydrogens is 510 g/mol. The molecule has 0 saturated carbocycles. The number of benzene rings is 3. The third kappa shape index (κ3) is 5.74. The van der Waals surface area contributed by atoms with Crippen LogP contribution in [0.15, 0.2) is 95.7 Å². The first-order valence-electron chi connectivity index (χ1n) is 10.6. The second-order valence-corrected chi connectivity index (χ2v) is 8.27. The van der Waals surface area contributed by atoms with E-state index in [1.54, 1.807) is 18.2 Å². The molecule has 2 amide bonds. The maximum atomic E-state index is 13.2. The molecule has 10 heteroatoms. The Labute approximate surface area is 210 Å². The number of nitrogens with two attached hydrogens (primary N) is 1. The summed E-state index contributed by atoms with van der Waals surface area (Å²) in [5, 5.41) is 0. The maximum absolute atomic E-state index is 13.2. The minimum atomic E-state index is -0.547. The van der Waals surface area contributed by atoms with Crippen LogP contribution in [0.4, 0.5) is 17.3 Å². The van der Waals surface area contributed by atoms with Crippen molar-refractivity contribution in [2.75, 3.05) is 16.6 Å². The van der Waals surface area contributed by atoms with Crippen molar-refractivity contribution in [2.45, 2.75) is 5.92 Å². The van der Waals surface area contributed by atoms with E-state index in [9.17, 15) is 9.59 Å². The van der Waals surface area contributed by atoms with Crippen molar-refractivity contribution in [1.29, 1.82) is 0 Å². The summed E-state index contributed by atoms with van der Waals surface area (Å²) in [6, 6.07) is 25.9. The summed E-state index contributed by atoms with van der Waals surface area (Å²) >= 11 is 3.34. The molecule has 0 bridgehead atoms. The highest BCUT2D eigenvalue weighted by atomic mass is 79.9. The summed E-state index contributed by atoms with van der Waals surface area (Å²) in [4.78, 5) is 33.8. The molecule has 0 aliphatic rings. The van der Waals surface area contributed by atoms with Crippen LogP contribution in [0, 0.1) is 0 Å². The number of aromatic nitrogens is 2. The molecule has 0 radical (unpaired) electrons. The molecule has 35 heavy (non-hydrogen) atoms. The van der Waals surface area contributed by atoms with Gasteiger partial charge in [0, 0.05) is 4.47 Å². The minimum Gasteiger partial charge on any atom is -0.393 e. The van der Waals surface area contributed by atoms with E-state index >= 15 is 0 Å². The van der Waals surface area contributed by atoms with E-state index in [1.165, 1.54) is 6.33 Å². The van der Waals surface area contributed by atoms with Gasteiger partial charge in [0.2, 0.25) is 5.91 Å². The summed E-state index contributed by atoms with van der Waals surface area (Å²) in [5.41, 5.74) is 19.1. The number of nitrogens with one attached hydrogen (secondary N) is 4. The van der Waals surface area contributed by atoms with Crippen molar-refractivity contribution < 1.29 is 9.59 Å². The van der Waals surface area contributed by atoms with Crippen molar-refractivity contribution in [1.82, 2.24) is 20.8 Å². The number of nitrogens with zero attached hydrogens (tertiary/aromatic N) is 2. The fourth-order valence-electron chi connectivity index (χ4n) is 3.40. The molecule has 0 aliphatic carbocycles. The fraction of sp³-hybridized carbons (Fsp3) is 0.0400. The zero-order chi connectivity index (χ0) is 24.6. The van der Waals surface area contributed by atoms with E-state index in [0.29, 0.717) is 10.0 Å². The minimum absolute atomic E-state index is 0.108. The third-order valence-corrected chi connectivity index (χ3v) is 5.82. The van der Waals surface area contributed by atoms with Crippen LogP contribution >= 0.6 is 15.9 Å². The van der Waals surface area contributed by atoms with Gasteiger partial charge in [0.15, 0.2) is 11.6 Å². The first kappa shape index (κ1) is 23.7. The van der Waals surface area contributed by atoms with Gasteiger partial charge >= 0.3 is 0 Å². The topological polar surface area (TPSA) is 134 Å². The highest BCUT2D eigenvalue weighted by Gasteiger charge is 2.23. The number of rotatable bonds is 8. The summed E-state index contributed by atoms with van der Waals surface area (Å²) in [6.45, 7) is 0. The van der Waals surface area contributed by atoms with Gasteiger partial charge in [-0.2, -0.15) is 0 Å². The molecule has 0 atom stereocenters. The number of hydrazine groups is 2. The summed E-state index contributed by atoms with van der Waals surface area (Å²) in [5.74, 6) is -0.885. The summed E-state index contributed by atoms with van der Waals surface area (Å²) in [7, 11) is 0. The lowest BCUT2D eigenvalue weighted by molar-refractivity contribution is -0.121. The van der Waals surface area contributed by atoms with Gasteiger partial charge < -0.3 is 5.73 Å². The highest BCUT2D eigenvalue weighted by Crippen LogP contribution is 2.26. The Morgan fingerprint density at radius 2 is 1.26 bits per heavy atom. The average Bonchev–Trinajstić information content (AvgIpc) is 2.89. The molecule has 4 aromatic rings. The van der Waals surface area contributed by atoms with Crippen LogP contribution in [0.1, 0.15) is 27.4 Å². The Bertz CT molecular complexity index is 1280. The molecular formula is C25H22BrN7O2. The molecule has 4 rings (SSSR count). The van der Waals surface area contributed by atoms with Crippen LogP contribution in [0.5, 0.6) is 0 Å². The molecule has 0 spiro atoms. The monoisotopic (exact) mass is 531 g/mol. The number of hydrogen-bond acceptors (Lipinski definition) is 7. The Morgan fingerprint density at radius 3 is 1.83 bits per heavy atom. The summed E-state index contributed by atoms with van der Waals surface area (Å²) < 4.78 is 0.645. The van der Waals surface area contributed by atoms with Crippen molar-refractivity contribution in [3.8, 4) is 0 Å². The third-order valence-electron chi connectivity index (χ3n) is 5.13. The molecule has 0 unspecified atom stereocenters. The number of halogens is 1. The second-order valence-electron chi connectivity index (χ2n) is 7.41. The number of carbonyl (C=O) groups is 2. The van der Waals surface area contributed by atoms with Gasteiger partial charge in [0.05, 0.1) is 11.5 Å². The van der Waals surface area contributed by atoms with E-state index in [1.807, 2.05) is 66.7 Å². The Morgan fingerprint density at radius 1 is 0.743 bits per heavy atom. The molecule has 3 aromatic carbocycles. The van der Waals surface area contributed by atoms with Gasteiger partial charge in [-0.3, -0.25) is 31.3 Å². The number of nitrogen functional groups attached to an aromatic ring is 1. The number of carbonyl (C=O) groups excluding carboxylic acids is 2. The number of hydrogen-bond donors (Lipinski definition) is 5. The van der Waals surface area contributed by atoms with Gasteiger partial charge in [0.25, 0.3) is 5.91 Å². The first-order chi connectivity index (χ1) is 17.0. The van der Waals surface area contributed by atoms with Gasteiger partial charge in [-0.15, -0.1) is 0 Å². The largest absolute Gasteiger partial charge is 0.393 e. The van der Waals surface area contributed by atoms with Crippen LogP contribution in [-0.4, -0.2) is 21.8 Å². The molecule has 0 aliphatic heterocycles.